The van der Waals surface area contributed by atoms with Crippen LogP contribution < -0.4 is 20.7 Å². The van der Waals surface area contributed by atoms with Gasteiger partial charge in [0.15, 0.2) is 0 Å². The quantitative estimate of drug-likeness (QED) is 0.575. The molecule has 6 nitrogen and oxygen atoms in total. The number of aromatic nitrogens is 1. The first-order valence-corrected chi connectivity index (χ1v) is 10.5. The zero-order valence-corrected chi connectivity index (χ0v) is 17.2. The van der Waals surface area contributed by atoms with Crippen molar-refractivity contribution >= 4 is 5.91 Å². The maximum absolute atomic E-state index is 13.0. The van der Waals surface area contributed by atoms with Crippen molar-refractivity contribution in [3.8, 4) is 5.75 Å². The van der Waals surface area contributed by atoms with E-state index in [1.54, 1.807) is 19.5 Å². The zero-order chi connectivity index (χ0) is 20.3. The molecule has 1 aromatic heterocycles. The van der Waals surface area contributed by atoms with Gasteiger partial charge < -0.3 is 20.7 Å². The number of piperidine rings is 1. The lowest BCUT2D eigenvalue weighted by atomic mass is 9.94. The fourth-order valence-corrected chi connectivity index (χ4v) is 3.83. The van der Waals surface area contributed by atoms with Crippen LogP contribution in [0, 0.1) is 5.92 Å². The lowest BCUT2D eigenvalue weighted by Gasteiger charge is -2.25. The van der Waals surface area contributed by atoms with E-state index in [-0.39, 0.29) is 5.91 Å². The minimum Gasteiger partial charge on any atom is -0.496 e. The SMILES string of the molecule is COc1ccccc1C(NCCC1CCNCC1)C(=O)NCCc1ccncc1. The van der Waals surface area contributed by atoms with Crippen LogP contribution in [-0.4, -0.2) is 44.2 Å². The van der Waals surface area contributed by atoms with Gasteiger partial charge in [-0.05, 0) is 75.0 Å². The number of methoxy groups -OCH3 is 1. The lowest BCUT2D eigenvalue weighted by molar-refractivity contribution is -0.123. The van der Waals surface area contributed by atoms with Gasteiger partial charge in [0.2, 0.25) is 5.91 Å². The molecule has 29 heavy (non-hydrogen) atoms. The fourth-order valence-electron chi connectivity index (χ4n) is 3.83. The summed E-state index contributed by atoms with van der Waals surface area (Å²) in [7, 11) is 1.65. The van der Waals surface area contributed by atoms with E-state index in [2.05, 4.69) is 20.9 Å². The Kier molecular flexibility index (Phi) is 8.46. The number of amides is 1. The molecule has 0 aliphatic carbocycles. The molecule has 1 fully saturated rings. The molecule has 0 spiro atoms. The molecule has 2 aromatic rings. The summed E-state index contributed by atoms with van der Waals surface area (Å²) in [5.74, 6) is 1.43. The molecule has 0 saturated carbocycles. The molecule has 0 radical (unpaired) electrons. The summed E-state index contributed by atoms with van der Waals surface area (Å²) in [4.78, 5) is 17.1. The second-order valence-electron chi connectivity index (χ2n) is 7.51. The zero-order valence-electron chi connectivity index (χ0n) is 17.2. The minimum atomic E-state index is -0.426. The van der Waals surface area contributed by atoms with Crippen molar-refractivity contribution in [3.05, 3.63) is 59.9 Å². The van der Waals surface area contributed by atoms with Crippen LogP contribution in [-0.2, 0) is 11.2 Å². The molecule has 1 atom stereocenters. The van der Waals surface area contributed by atoms with Gasteiger partial charge in [0, 0.05) is 24.5 Å². The maximum atomic E-state index is 13.0. The van der Waals surface area contributed by atoms with E-state index >= 15 is 0 Å². The van der Waals surface area contributed by atoms with Gasteiger partial charge in [-0.15, -0.1) is 0 Å². The summed E-state index contributed by atoms with van der Waals surface area (Å²) in [6.45, 7) is 3.59. The third-order valence-corrected chi connectivity index (χ3v) is 5.53. The Bertz CT molecular complexity index is 748. The van der Waals surface area contributed by atoms with Gasteiger partial charge in [-0.3, -0.25) is 9.78 Å². The molecule has 1 aliphatic heterocycles. The topological polar surface area (TPSA) is 75.3 Å². The summed E-state index contributed by atoms with van der Waals surface area (Å²) in [5, 5.41) is 9.97. The van der Waals surface area contributed by atoms with Crippen LogP contribution in [0.5, 0.6) is 5.75 Å². The Labute approximate surface area is 173 Å². The van der Waals surface area contributed by atoms with E-state index in [1.165, 1.54) is 12.8 Å². The monoisotopic (exact) mass is 396 g/mol. The van der Waals surface area contributed by atoms with Gasteiger partial charge in [0.05, 0.1) is 7.11 Å². The van der Waals surface area contributed by atoms with Crippen molar-refractivity contribution in [2.75, 3.05) is 33.3 Å². The highest BCUT2D eigenvalue weighted by Gasteiger charge is 2.23. The highest BCUT2D eigenvalue weighted by molar-refractivity contribution is 5.84. The Morgan fingerprint density at radius 1 is 1.17 bits per heavy atom. The number of ether oxygens (including phenoxy) is 1. The van der Waals surface area contributed by atoms with E-state index in [1.807, 2.05) is 36.4 Å². The number of benzene rings is 1. The van der Waals surface area contributed by atoms with E-state index in [9.17, 15) is 4.79 Å². The molecule has 1 saturated heterocycles. The normalized spacial score (nSPS) is 15.6. The number of hydrogen-bond donors (Lipinski definition) is 3. The number of carbonyl (C=O) groups is 1. The summed E-state index contributed by atoms with van der Waals surface area (Å²) < 4.78 is 5.51. The van der Waals surface area contributed by atoms with Crippen molar-refractivity contribution in [2.24, 2.45) is 5.92 Å². The number of nitrogens with one attached hydrogen (secondary N) is 3. The predicted octanol–water partition coefficient (Wildman–Crippen LogP) is 2.47. The Morgan fingerprint density at radius 2 is 1.93 bits per heavy atom. The van der Waals surface area contributed by atoms with Crippen LogP contribution in [0.1, 0.15) is 36.4 Å². The van der Waals surface area contributed by atoms with Crippen LogP contribution in [0.2, 0.25) is 0 Å². The number of para-hydroxylation sites is 1. The molecule has 3 N–H and O–H groups in total. The van der Waals surface area contributed by atoms with Gasteiger partial charge in [-0.2, -0.15) is 0 Å². The average molecular weight is 397 g/mol. The van der Waals surface area contributed by atoms with Gasteiger partial charge in [0.25, 0.3) is 0 Å². The smallest absolute Gasteiger partial charge is 0.241 e. The molecule has 156 valence electrons. The van der Waals surface area contributed by atoms with Crippen LogP contribution in [0.4, 0.5) is 0 Å². The molecule has 6 heteroatoms. The number of nitrogens with zero attached hydrogens (tertiary/aromatic N) is 1. The van der Waals surface area contributed by atoms with Crippen LogP contribution in [0.3, 0.4) is 0 Å². The average Bonchev–Trinajstić information content (AvgIpc) is 2.78. The molecule has 3 rings (SSSR count). The number of rotatable bonds is 10. The van der Waals surface area contributed by atoms with Crippen molar-refractivity contribution in [1.29, 1.82) is 0 Å². The van der Waals surface area contributed by atoms with Crippen LogP contribution in [0.15, 0.2) is 48.8 Å². The number of carbonyl (C=O) groups excluding carboxylic acids is 1. The molecular weight excluding hydrogens is 364 g/mol. The van der Waals surface area contributed by atoms with Gasteiger partial charge in [-0.25, -0.2) is 0 Å². The third kappa shape index (κ3) is 6.54. The summed E-state index contributed by atoms with van der Waals surface area (Å²) in [5.41, 5.74) is 2.04. The second kappa shape index (κ2) is 11.5. The van der Waals surface area contributed by atoms with Gasteiger partial charge >= 0.3 is 0 Å². The van der Waals surface area contributed by atoms with Crippen molar-refractivity contribution in [1.82, 2.24) is 20.9 Å². The molecule has 0 bridgehead atoms. The Balaban J connectivity index is 1.60. The van der Waals surface area contributed by atoms with E-state index in [4.69, 9.17) is 4.74 Å². The summed E-state index contributed by atoms with van der Waals surface area (Å²) in [6.07, 6.45) is 7.83. The van der Waals surface area contributed by atoms with Crippen LogP contribution in [0.25, 0.3) is 0 Å². The molecule has 1 amide bonds. The minimum absolute atomic E-state index is 0.0196. The number of hydrogen-bond acceptors (Lipinski definition) is 5. The highest BCUT2D eigenvalue weighted by atomic mass is 16.5. The predicted molar refractivity (Wildman–Crippen MR) is 115 cm³/mol. The highest BCUT2D eigenvalue weighted by Crippen LogP contribution is 2.25. The molecule has 1 aliphatic rings. The van der Waals surface area contributed by atoms with Gasteiger partial charge in [-0.1, -0.05) is 18.2 Å². The first-order chi connectivity index (χ1) is 14.3. The van der Waals surface area contributed by atoms with E-state index in [0.717, 1.165) is 55.3 Å². The second-order valence-corrected chi connectivity index (χ2v) is 7.51. The fraction of sp³-hybridized carbons (Fsp3) is 0.478. The molecule has 1 unspecified atom stereocenters. The molecular formula is C23H32N4O2. The summed E-state index contributed by atoms with van der Waals surface area (Å²) >= 11 is 0. The Morgan fingerprint density at radius 3 is 2.69 bits per heavy atom. The Hall–Kier alpha value is -2.44. The lowest BCUT2D eigenvalue weighted by Crippen LogP contribution is -2.39. The van der Waals surface area contributed by atoms with E-state index < -0.39 is 6.04 Å². The third-order valence-electron chi connectivity index (χ3n) is 5.53. The van der Waals surface area contributed by atoms with Gasteiger partial charge in [0.1, 0.15) is 11.8 Å². The largest absolute Gasteiger partial charge is 0.496 e. The molecule has 1 aromatic carbocycles. The maximum Gasteiger partial charge on any atom is 0.241 e. The standard InChI is InChI=1S/C23H32N4O2/c1-29-21-5-3-2-4-20(21)22(26-16-10-18-6-12-24-13-7-18)23(28)27-17-11-19-8-14-25-15-9-19/h2-5,8-9,14-15,18,22,24,26H,6-7,10-13,16-17H2,1H3,(H,27,28). The van der Waals surface area contributed by atoms with E-state index in [0.29, 0.717) is 6.54 Å². The number of pyridine rings is 1. The molecule has 2 heterocycles. The first kappa shape index (κ1) is 21.3. The van der Waals surface area contributed by atoms with Crippen molar-refractivity contribution < 1.29 is 9.53 Å². The van der Waals surface area contributed by atoms with Crippen LogP contribution >= 0.6 is 0 Å². The summed E-state index contributed by atoms with van der Waals surface area (Å²) in [6, 6.07) is 11.3. The van der Waals surface area contributed by atoms with Crippen molar-refractivity contribution in [2.45, 2.75) is 31.7 Å². The first-order valence-electron chi connectivity index (χ1n) is 10.5. The van der Waals surface area contributed by atoms with Crippen molar-refractivity contribution in [3.63, 3.8) is 0 Å².